The van der Waals surface area contributed by atoms with Crippen LogP contribution < -0.4 is 0 Å². The second-order valence-electron chi connectivity index (χ2n) is 10.1. The lowest BCUT2D eigenvalue weighted by Gasteiger charge is -2.50. The van der Waals surface area contributed by atoms with Gasteiger partial charge in [-0.3, -0.25) is 4.79 Å². The minimum atomic E-state index is 0.0233. The van der Waals surface area contributed by atoms with E-state index in [4.69, 9.17) is 4.74 Å². The first-order valence-electron chi connectivity index (χ1n) is 12.0. The molecule has 0 bridgehead atoms. The molecule has 2 fully saturated rings. The third-order valence-electron chi connectivity index (χ3n) is 8.59. The minimum Gasteiger partial charge on any atom is -0.508 e. The zero-order valence-electron chi connectivity index (χ0n) is 18.5. The molecule has 5 atom stereocenters. The summed E-state index contributed by atoms with van der Waals surface area (Å²) in [6.07, 6.45) is 12.0. The summed E-state index contributed by atoms with van der Waals surface area (Å²) >= 11 is 0. The highest BCUT2D eigenvalue weighted by Crippen LogP contribution is 2.61. The minimum absolute atomic E-state index is 0.0233. The molecule has 3 nitrogen and oxygen atoms in total. The molecule has 3 aliphatic carbocycles. The van der Waals surface area contributed by atoms with Gasteiger partial charge in [0.2, 0.25) is 0 Å². The number of carbonyl (C=O) groups is 1. The molecule has 5 unspecified atom stereocenters. The molecule has 0 spiro atoms. The van der Waals surface area contributed by atoms with Crippen molar-refractivity contribution >= 4 is 5.97 Å². The van der Waals surface area contributed by atoms with Crippen LogP contribution in [-0.4, -0.2) is 17.2 Å². The summed E-state index contributed by atoms with van der Waals surface area (Å²) in [7, 11) is 0. The maximum atomic E-state index is 12.4. The van der Waals surface area contributed by atoms with Gasteiger partial charge in [-0.1, -0.05) is 39.2 Å². The summed E-state index contributed by atoms with van der Waals surface area (Å²) in [5, 5.41) is 10.1. The fourth-order valence-corrected chi connectivity index (χ4v) is 6.89. The maximum absolute atomic E-state index is 12.4. The summed E-state index contributed by atoms with van der Waals surface area (Å²) in [6, 6.07) is 4.07. The van der Waals surface area contributed by atoms with E-state index in [1.165, 1.54) is 43.2 Å². The largest absolute Gasteiger partial charge is 0.508 e. The molecule has 0 radical (unpaired) electrons. The lowest BCUT2D eigenvalue weighted by Crippen LogP contribution is -2.45. The second-order valence-corrected chi connectivity index (χ2v) is 10.1. The molecular weight excluding hydrogens is 360 g/mol. The standard InChI is InChI=1S/C26H38O3/c1-4-5-6-7-8-25(28)29-24-14-12-22-21-10-9-18-17(2)23(27)13-11-19(18)20(21)15-16-26(22,24)3/h11,13,20-22,24,27H,4-10,12,14-16H2,1-3H3. The van der Waals surface area contributed by atoms with E-state index in [0.29, 0.717) is 29.9 Å². The molecule has 3 heteroatoms. The Hall–Kier alpha value is -1.51. The van der Waals surface area contributed by atoms with Gasteiger partial charge in [-0.25, -0.2) is 0 Å². The van der Waals surface area contributed by atoms with Crippen LogP contribution in [0.5, 0.6) is 5.75 Å². The van der Waals surface area contributed by atoms with E-state index in [9.17, 15) is 9.90 Å². The van der Waals surface area contributed by atoms with Gasteiger partial charge in [-0.05, 0) is 92.4 Å². The molecule has 1 aromatic rings. The van der Waals surface area contributed by atoms with Gasteiger partial charge in [-0.2, -0.15) is 0 Å². The van der Waals surface area contributed by atoms with Crippen molar-refractivity contribution in [3.63, 3.8) is 0 Å². The number of fused-ring (bicyclic) bond motifs is 5. The number of phenolic OH excluding ortho intramolecular Hbond substituents is 1. The SMILES string of the molecule is CCCCCCC(=O)OC1CCC2C3CCc4c(ccc(O)c4C)C3CCC12C. The number of carbonyl (C=O) groups excluding carboxylic acids is 1. The first-order chi connectivity index (χ1) is 14.0. The van der Waals surface area contributed by atoms with Gasteiger partial charge >= 0.3 is 5.97 Å². The number of ether oxygens (including phenoxy) is 1. The molecule has 29 heavy (non-hydrogen) atoms. The van der Waals surface area contributed by atoms with E-state index in [1.54, 1.807) is 0 Å². The van der Waals surface area contributed by atoms with Gasteiger partial charge in [0.15, 0.2) is 0 Å². The Bertz CT molecular complexity index is 755. The predicted octanol–water partition coefficient (Wildman–Crippen LogP) is 6.44. The molecule has 1 aromatic carbocycles. The average molecular weight is 399 g/mol. The predicted molar refractivity (Wildman–Crippen MR) is 116 cm³/mol. The highest BCUT2D eigenvalue weighted by atomic mass is 16.5. The van der Waals surface area contributed by atoms with Crippen molar-refractivity contribution in [1.29, 1.82) is 0 Å². The lowest BCUT2D eigenvalue weighted by molar-refractivity contribution is -0.157. The Morgan fingerprint density at radius 3 is 2.79 bits per heavy atom. The normalized spacial score (nSPS) is 32.9. The Kier molecular flexibility index (Phi) is 5.95. The van der Waals surface area contributed by atoms with Gasteiger partial charge in [0.25, 0.3) is 0 Å². The van der Waals surface area contributed by atoms with Crippen molar-refractivity contribution in [3.8, 4) is 5.75 Å². The van der Waals surface area contributed by atoms with Crippen LogP contribution in [0.4, 0.5) is 0 Å². The van der Waals surface area contributed by atoms with Crippen LogP contribution in [0.3, 0.4) is 0 Å². The zero-order chi connectivity index (χ0) is 20.6. The maximum Gasteiger partial charge on any atom is 0.306 e. The summed E-state index contributed by atoms with van der Waals surface area (Å²) < 4.78 is 6.08. The van der Waals surface area contributed by atoms with Crippen molar-refractivity contribution < 1.29 is 14.6 Å². The van der Waals surface area contributed by atoms with Crippen LogP contribution >= 0.6 is 0 Å². The Labute approximate surface area is 176 Å². The molecule has 1 N–H and O–H groups in total. The fourth-order valence-electron chi connectivity index (χ4n) is 6.89. The monoisotopic (exact) mass is 398 g/mol. The Morgan fingerprint density at radius 1 is 1.17 bits per heavy atom. The van der Waals surface area contributed by atoms with Crippen molar-refractivity contribution in [1.82, 2.24) is 0 Å². The van der Waals surface area contributed by atoms with E-state index >= 15 is 0 Å². The number of hydrogen-bond donors (Lipinski definition) is 1. The van der Waals surface area contributed by atoms with Crippen LogP contribution in [0.2, 0.25) is 0 Å². The number of phenols is 1. The van der Waals surface area contributed by atoms with Crippen molar-refractivity contribution in [3.05, 3.63) is 28.8 Å². The molecule has 0 saturated heterocycles. The summed E-state index contributed by atoms with van der Waals surface area (Å²) in [4.78, 5) is 12.4. The molecule has 0 aliphatic heterocycles. The number of rotatable bonds is 6. The van der Waals surface area contributed by atoms with E-state index < -0.39 is 0 Å². The van der Waals surface area contributed by atoms with E-state index in [1.807, 2.05) is 6.07 Å². The zero-order valence-corrected chi connectivity index (χ0v) is 18.5. The molecule has 0 amide bonds. The van der Waals surface area contributed by atoms with Crippen LogP contribution in [0.15, 0.2) is 12.1 Å². The van der Waals surface area contributed by atoms with Crippen molar-refractivity contribution in [2.45, 2.75) is 103 Å². The second kappa shape index (κ2) is 8.32. The molecule has 3 aliphatic rings. The lowest BCUT2D eigenvalue weighted by atomic mass is 9.55. The molecule has 2 saturated carbocycles. The fraction of sp³-hybridized carbons (Fsp3) is 0.731. The van der Waals surface area contributed by atoms with Crippen LogP contribution in [0, 0.1) is 24.2 Å². The van der Waals surface area contributed by atoms with Gasteiger partial charge in [0.05, 0.1) is 0 Å². The van der Waals surface area contributed by atoms with Gasteiger partial charge in [0.1, 0.15) is 11.9 Å². The van der Waals surface area contributed by atoms with E-state index in [2.05, 4.69) is 26.8 Å². The van der Waals surface area contributed by atoms with Crippen LogP contribution in [-0.2, 0) is 16.0 Å². The summed E-state index contributed by atoms with van der Waals surface area (Å²) in [5.41, 5.74) is 4.09. The number of benzene rings is 1. The van der Waals surface area contributed by atoms with Crippen molar-refractivity contribution in [2.24, 2.45) is 17.3 Å². The first-order valence-corrected chi connectivity index (χ1v) is 12.0. The van der Waals surface area contributed by atoms with Gasteiger partial charge in [0, 0.05) is 11.8 Å². The third kappa shape index (κ3) is 3.70. The molecular formula is C26H38O3. The number of esters is 1. The highest BCUT2D eigenvalue weighted by molar-refractivity contribution is 5.69. The van der Waals surface area contributed by atoms with E-state index in [-0.39, 0.29) is 17.5 Å². The third-order valence-corrected chi connectivity index (χ3v) is 8.59. The number of hydrogen-bond acceptors (Lipinski definition) is 3. The summed E-state index contributed by atoms with van der Waals surface area (Å²) in [6.45, 7) is 6.66. The smallest absolute Gasteiger partial charge is 0.306 e. The van der Waals surface area contributed by atoms with E-state index in [0.717, 1.165) is 37.7 Å². The highest BCUT2D eigenvalue weighted by Gasteiger charge is 2.56. The van der Waals surface area contributed by atoms with Gasteiger partial charge < -0.3 is 9.84 Å². The van der Waals surface area contributed by atoms with Crippen LogP contribution in [0.25, 0.3) is 0 Å². The first kappa shape index (κ1) is 20.8. The Balaban J connectivity index is 1.45. The molecule has 0 heterocycles. The molecule has 160 valence electrons. The number of unbranched alkanes of at least 4 members (excludes halogenated alkanes) is 3. The number of aromatic hydroxyl groups is 1. The van der Waals surface area contributed by atoms with Crippen molar-refractivity contribution in [2.75, 3.05) is 0 Å². The molecule has 4 rings (SSSR count). The Morgan fingerprint density at radius 2 is 2.00 bits per heavy atom. The quantitative estimate of drug-likeness (QED) is 0.443. The topological polar surface area (TPSA) is 46.5 Å². The summed E-state index contributed by atoms with van der Waals surface area (Å²) in [5.74, 6) is 2.42. The van der Waals surface area contributed by atoms with Crippen LogP contribution in [0.1, 0.15) is 101 Å². The average Bonchev–Trinajstić information content (AvgIpc) is 3.04. The van der Waals surface area contributed by atoms with Gasteiger partial charge in [-0.15, -0.1) is 0 Å². The molecule has 0 aromatic heterocycles.